The topological polar surface area (TPSA) is 69.8 Å². The Hall–Kier alpha value is -1.01. The zero-order valence-corrected chi connectivity index (χ0v) is 10.4. The third-order valence-corrected chi connectivity index (χ3v) is 4.38. The van der Waals surface area contributed by atoms with Crippen LogP contribution < -0.4 is 16.2 Å². The molecule has 0 unspecified atom stereocenters. The minimum absolute atomic E-state index is 0.0182. The van der Waals surface area contributed by atoms with Crippen LogP contribution in [0.15, 0.2) is 4.79 Å². The third kappa shape index (κ3) is 2.32. The Balaban J connectivity index is 1.85. The molecular formula is C11H16N4OS. The minimum Gasteiger partial charge on any atom is -0.352 e. The molecule has 0 amide bonds. The molecule has 0 aromatic carbocycles. The van der Waals surface area contributed by atoms with Gasteiger partial charge in [0.2, 0.25) is 5.95 Å². The Morgan fingerprint density at radius 3 is 3.24 bits per heavy atom. The fraction of sp³-hybridized carbons (Fsp3) is 0.636. The third-order valence-electron chi connectivity index (χ3n) is 3.22. The number of aromatic amines is 1. The van der Waals surface area contributed by atoms with E-state index < -0.39 is 0 Å². The first-order valence-electron chi connectivity index (χ1n) is 6.00. The number of hydrogen-bond donors (Lipinski definition) is 3. The van der Waals surface area contributed by atoms with Gasteiger partial charge >= 0.3 is 0 Å². The average Bonchev–Trinajstić information content (AvgIpc) is 2.82. The lowest BCUT2D eigenvalue weighted by atomic mass is 10.1. The van der Waals surface area contributed by atoms with Crippen LogP contribution in [0.25, 0.3) is 0 Å². The Morgan fingerprint density at radius 2 is 2.41 bits per heavy atom. The summed E-state index contributed by atoms with van der Waals surface area (Å²) in [5.41, 5.74) is 1.76. The van der Waals surface area contributed by atoms with E-state index >= 15 is 0 Å². The molecule has 1 atom stereocenters. The van der Waals surface area contributed by atoms with Crippen LogP contribution in [0.1, 0.15) is 17.7 Å². The van der Waals surface area contributed by atoms with Crippen LogP contribution >= 0.6 is 11.8 Å². The van der Waals surface area contributed by atoms with Crippen molar-refractivity contribution in [2.45, 2.75) is 25.4 Å². The van der Waals surface area contributed by atoms with Gasteiger partial charge < -0.3 is 10.6 Å². The van der Waals surface area contributed by atoms with E-state index in [9.17, 15) is 4.79 Å². The molecule has 1 aromatic rings. The summed E-state index contributed by atoms with van der Waals surface area (Å²) in [4.78, 5) is 19.2. The maximum absolute atomic E-state index is 11.9. The summed E-state index contributed by atoms with van der Waals surface area (Å²) < 4.78 is 0. The van der Waals surface area contributed by atoms with Crippen LogP contribution in [0, 0.1) is 0 Å². The molecule has 17 heavy (non-hydrogen) atoms. The van der Waals surface area contributed by atoms with Crippen molar-refractivity contribution in [2.24, 2.45) is 0 Å². The highest BCUT2D eigenvalue weighted by molar-refractivity contribution is 7.99. The quantitative estimate of drug-likeness (QED) is 0.708. The summed E-state index contributed by atoms with van der Waals surface area (Å²) in [6.45, 7) is 1.57. The summed E-state index contributed by atoms with van der Waals surface area (Å²) in [7, 11) is 0. The van der Waals surface area contributed by atoms with E-state index in [1.54, 1.807) is 0 Å². The van der Waals surface area contributed by atoms with Gasteiger partial charge in [0.15, 0.2) is 0 Å². The molecule has 0 aliphatic carbocycles. The molecule has 0 saturated carbocycles. The lowest BCUT2D eigenvalue weighted by molar-refractivity contribution is 0.618. The van der Waals surface area contributed by atoms with Crippen molar-refractivity contribution in [3.05, 3.63) is 21.6 Å². The number of rotatable bonds is 2. The van der Waals surface area contributed by atoms with Crippen LogP contribution in [0.3, 0.4) is 0 Å². The Kier molecular flexibility index (Phi) is 3.07. The number of aromatic nitrogens is 2. The van der Waals surface area contributed by atoms with E-state index in [-0.39, 0.29) is 5.56 Å². The number of thioether (sulfide) groups is 1. The van der Waals surface area contributed by atoms with Crippen molar-refractivity contribution in [3.8, 4) is 0 Å². The first kappa shape index (κ1) is 11.1. The van der Waals surface area contributed by atoms with E-state index in [2.05, 4.69) is 20.6 Å². The molecule has 5 nitrogen and oxygen atoms in total. The Labute approximate surface area is 104 Å². The molecule has 2 aliphatic rings. The largest absolute Gasteiger partial charge is 0.352 e. The highest BCUT2D eigenvalue weighted by Crippen LogP contribution is 2.20. The molecule has 0 spiro atoms. The normalized spacial score (nSPS) is 23.4. The van der Waals surface area contributed by atoms with Gasteiger partial charge in [-0.2, -0.15) is 11.8 Å². The van der Waals surface area contributed by atoms with E-state index in [0.717, 1.165) is 36.4 Å². The van der Waals surface area contributed by atoms with Crippen molar-refractivity contribution in [2.75, 3.05) is 23.4 Å². The van der Waals surface area contributed by atoms with Crippen molar-refractivity contribution in [1.29, 1.82) is 0 Å². The maximum Gasteiger partial charge on any atom is 0.255 e. The van der Waals surface area contributed by atoms with E-state index in [1.165, 1.54) is 5.75 Å². The smallest absolute Gasteiger partial charge is 0.255 e. The predicted octanol–water partition coefficient (Wildman–Crippen LogP) is 0.333. The molecule has 1 fully saturated rings. The number of hydrogen-bond acceptors (Lipinski definition) is 5. The summed E-state index contributed by atoms with van der Waals surface area (Å²) >= 11 is 1.94. The Bertz CT molecular complexity index is 467. The predicted molar refractivity (Wildman–Crippen MR) is 69.6 cm³/mol. The summed E-state index contributed by atoms with van der Waals surface area (Å²) in [6, 6.07) is 0.442. The minimum atomic E-state index is 0.0182. The summed E-state index contributed by atoms with van der Waals surface area (Å²) in [6.07, 6.45) is 1.92. The molecule has 1 saturated heterocycles. The molecule has 0 radical (unpaired) electrons. The van der Waals surface area contributed by atoms with Gasteiger partial charge in [-0.3, -0.25) is 9.78 Å². The van der Waals surface area contributed by atoms with Gasteiger partial charge in [-0.1, -0.05) is 0 Å². The fourth-order valence-electron chi connectivity index (χ4n) is 2.28. The van der Waals surface area contributed by atoms with Gasteiger partial charge in [0, 0.05) is 23.9 Å². The van der Waals surface area contributed by atoms with Gasteiger partial charge in [-0.05, 0) is 25.1 Å². The van der Waals surface area contributed by atoms with Crippen molar-refractivity contribution in [1.82, 2.24) is 15.3 Å². The molecule has 6 heteroatoms. The van der Waals surface area contributed by atoms with Crippen LogP contribution in [-0.4, -0.2) is 34.1 Å². The zero-order valence-electron chi connectivity index (χ0n) is 9.58. The monoisotopic (exact) mass is 252 g/mol. The van der Waals surface area contributed by atoms with E-state index in [1.807, 2.05) is 11.8 Å². The lowest BCUT2D eigenvalue weighted by Crippen LogP contribution is -2.32. The lowest BCUT2D eigenvalue weighted by Gasteiger charge is -2.17. The van der Waals surface area contributed by atoms with Crippen LogP contribution in [0.5, 0.6) is 0 Å². The fourth-order valence-corrected chi connectivity index (χ4v) is 3.43. The second-order valence-electron chi connectivity index (χ2n) is 4.47. The van der Waals surface area contributed by atoms with Crippen molar-refractivity contribution < 1.29 is 0 Å². The van der Waals surface area contributed by atoms with Gasteiger partial charge in [0.05, 0.1) is 5.69 Å². The van der Waals surface area contributed by atoms with Gasteiger partial charge in [0.25, 0.3) is 5.56 Å². The molecule has 1 aromatic heterocycles. The SMILES string of the molecule is O=c1[nH]c(N[C@@H]2CCSC2)nc2c1CCNC2. The number of anilines is 1. The zero-order chi connectivity index (χ0) is 11.7. The second kappa shape index (κ2) is 4.70. The van der Waals surface area contributed by atoms with Crippen LogP contribution in [0.4, 0.5) is 5.95 Å². The van der Waals surface area contributed by atoms with Crippen molar-refractivity contribution in [3.63, 3.8) is 0 Å². The van der Waals surface area contributed by atoms with E-state index in [0.29, 0.717) is 18.5 Å². The first-order chi connectivity index (χ1) is 8.33. The number of H-pyrrole nitrogens is 1. The summed E-state index contributed by atoms with van der Waals surface area (Å²) in [5, 5.41) is 6.56. The molecule has 92 valence electrons. The highest BCUT2D eigenvalue weighted by atomic mass is 32.2. The molecular weight excluding hydrogens is 236 g/mol. The molecule has 3 rings (SSSR count). The highest BCUT2D eigenvalue weighted by Gasteiger charge is 2.18. The second-order valence-corrected chi connectivity index (χ2v) is 5.62. The molecule has 2 aliphatic heterocycles. The van der Waals surface area contributed by atoms with Gasteiger partial charge in [-0.15, -0.1) is 0 Å². The standard InChI is InChI=1S/C11H16N4OS/c16-10-8-1-3-12-5-9(8)14-11(15-10)13-7-2-4-17-6-7/h7,12H,1-6H2,(H2,13,14,15,16)/t7-/m1/s1. The van der Waals surface area contributed by atoms with Crippen LogP contribution in [0.2, 0.25) is 0 Å². The molecule has 3 heterocycles. The number of fused-ring (bicyclic) bond motifs is 1. The van der Waals surface area contributed by atoms with Gasteiger partial charge in [0.1, 0.15) is 0 Å². The molecule has 0 bridgehead atoms. The van der Waals surface area contributed by atoms with Crippen molar-refractivity contribution >= 4 is 17.7 Å². The van der Waals surface area contributed by atoms with Gasteiger partial charge in [-0.25, -0.2) is 4.98 Å². The Morgan fingerprint density at radius 1 is 1.47 bits per heavy atom. The number of nitrogens with one attached hydrogen (secondary N) is 3. The summed E-state index contributed by atoms with van der Waals surface area (Å²) in [5.74, 6) is 2.91. The van der Waals surface area contributed by atoms with Crippen LogP contribution in [-0.2, 0) is 13.0 Å². The molecule has 3 N–H and O–H groups in total. The van der Waals surface area contributed by atoms with E-state index in [4.69, 9.17) is 0 Å². The maximum atomic E-state index is 11.9. The number of nitrogens with zero attached hydrogens (tertiary/aromatic N) is 1. The average molecular weight is 252 g/mol. The first-order valence-corrected chi connectivity index (χ1v) is 7.15.